The molecule has 1 saturated heterocycles. The van der Waals surface area contributed by atoms with Gasteiger partial charge in [-0.25, -0.2) is 0 Å². The Labute approximate surface area is 100 Å². The van der Waals surface area contributed by atoms with Gasteiger partial charge in [0.15, 0.2) is 0 Å². The van der Waals surface area contributed by atoms with E-state index in [4.69, 9.17) is 5.73 Å². The van der Waals surface area contributed by atoms with Gasteiger partial charge in [0.2, 0.25) is 11.8 Å². The van der Waals surface area contributed by atoms with Crippen molar-refractivity contribution in [2.24, 2.45) is 17.6 Å². The summed E-state index contributed by atoms with van der Waals surface area (Å²) in [4.78, 5) is 22.5. The Bertz CT molecular complexity index is 417. The Morgan fingerprint density at radius 1 is 1.35 bits per heavy atom. The van der Waals surface area contributed by atoms with Gasteiger partial charge in [0.25, 0.3) is 0 Å². The lowest BCUT2D eigenvalue weighted by Crippen LogP contribution is -2.26. The molecule has 3 N–H and O–H groups in total. The van der Waals surface area contributed by atoms with Crippen molar-refractivity contribution in [2.75, 3.05) is 6.54 Å². The Balaban J connectivity index is 2.05. The van der Waals surface area contributed by atoms with E-state index in [1.807, 2.05) is 30.3 Å². The van der Waals surface area contributed by atoms with Crippen LogP contribution in [-0.4, -0.2) is 18.4 Å². The first kappa shape index (κ1) is 11.6. The van der Waals surface area contributed by atoms with Crippen LogP contribution in [0.2, 0.25) is 0 Å². The molecule has 90 valence electrons. The minimum Gasteiger partial charge on any atom is -0.370 e. The minimum atomic E-state index is -0.412. The van der Waals surface area contributed by atoms with Gasteiger partial charge in [-0.15, -0.1) is 0 Å². The van der Waals surface area contributed by atoms with E-state index in [0.29, 0.717) is 6.54 Å². The van der Waals surface area contributed by atoms with Gasteiger partial charge in [-0.05, 0) is 17.9 Å². The van der Waals surface area contributed by atoms with Gasteiger partial charge in [-0.1, -0.05) is 30.3 Å². The number of hydrogen-bond donors (Lipinski definition) is 2. The summed E-state index contributed by atoms with van der Waals surface area (Å²) in [5.74, 6) is -0.569. The molecule has 1 aliphatic rings. The van der Waals surface area contributed by atoms with E-state index >= 15 is 0 Å². The molecule has 0 bridgehead atoms. The second-order valence-electron chi connectivity index (χ2n) is 4.47. The van der Waals surface area contributed by atoms with Crippen LogP contribution < -0.4 is 11.1 Å². The molecule has 0 aliphatic carbocycles. The number of nitrogens with one attached hydrogen (secondary N) is 1. The second kappa shape index (κ2) is 4.99. The summed E-state index contributed by atoms with van der Waals surface area (Å²) in [5, 5.41) is 2.80. The van der Waals surface area contributed by atoms with Crippen LogP contribution in [0.5, 0.6) is 0 Å². The molecule has 2 rings (SSSR count). The third-order valence-electron chi connectivity index (χ3n) is 3.21. The molecule has 1 fully saturated rings. The van der Waals surface area contributed by atoms with E-state index in [-0.39, 0.29) is 24.2 Å². The predicted octanol–water partition coefficient (Wildman–Crippen LogP) is 0.467. The highest BCUT2D eigenvalue weighted by Crippen LogP contribution is 2.25. The molecule has 1 aliphatic heterocycles. The molecule has 0 unspecified atom stereocenters. The smallest absolute Gasteiger partial charge is 0.224 e. The Morgan fingerprint density at radius 3 is 2.71 bits per heavy atom. The van der Waals surface area contributed by atoms with Crippen molar-refractivity contribution in [3.05, 3.63) is 35.9 Å². The molecule has 0 aromatic heterocycles. The molecule has 2 atom stereocenters. The maximum atomic E-state index is 11.6. The van der Waals surface area contributed by atoms with Crippen LogP contribution in [0.25, 0.3) is 0 Å². The van der Waals surface area contributed by atoms with E-state index in [0.717, 1.165) is 6.42 Å². The van der Waals surface area contributed by atoms with Crippen LogP contribution in [-0.2, 0) is 16.0 Å². The van der Waals surface area contributed by atoms with Crippen molar-refractivity contribution in [2.45, 2.75) is 12.8 Å². The number of carbonyl (C=O) groups is 2. The van der Waals surface area contributed by atoms with Crippen LogP contribution in [0.15, 0.2) is 30.3 Å². The lowest BCUT2D eigenvalue weighted by atomic mass is 9.87. The Morgan fingerprint density at radius 2 is 2.06 bits per heavy atom. The summed E-state index contributed by atoms with van der Waals surface area (Å²) in [7, 11) is 0. The predicted molar refractivity (Wildman–Crippen MR) is 63.9 cm³/mol. The summed E-state index contributed by atoms with van der Waals surface area (Å²) in [6.07, 6.45) is 0.945. The summed E-state index contributed by atoms with van der Waals surface area (Å²) >= 11 is 0. The van der Waals surface area contributed by atoms with E-state index in [9.17, 15) is 9.59 Å². The molecule has 4 nitrogen and oxygen atoms in total. The number of amides is 2. The van der Waals surface area contributed by atoms with Gasteiger partial charge < -0.3 is 11.1 Å². The summed E-state index contributed by atoms with van der Waals surface area (Å²) < 4.78 is 0. The van der Waals surface area contributed by atoms with Crippen LogP contribution in [0.3, 0.4) is 0 Å². The highest BCUT2D eigenvalue weighted by molar-refractivity contribution is 5.86. The second-order valence-corrected chi connectivity index (χ2v) is 4.47. The fraction of sp³-hybridized carbons (Fsp3) is 0.385. The van der Waals surface area contributed by atoms with E-state index in [1.165, 1.54) is 5.56 Å². The van der Waals surface area contributed by atoms with E-state index in [2.05, 4.69) is 5.32 Å². The molecular weight excluding hydrogens is 216 g/mol. The first-order chi connectivity index (χ1) is 8.16. The fourth-order valence-electron chi connectivity index (χ4n) is 2.33. The SMILES string of the molecule is NC(=O)C[C@@H]1C(=O)NC[C@H]1Cc1ccccc1. The molecule has 1 heterocycles. The van der Waals surface area contributed by atoms with Gasteiger partial charge in [-0.2, -0.15) is 0 Å². The molecular formula is C13H16N2O2. The standard InChI is InChI=1S/C13H16N2O2/c14-12(16)7-11-10(8-15-13(11)17)6-9-4-2-1-3-5-9/h1-5,10-11H,6-8H2,(H2,14,16)(H,15,17)/t10-,11+/m1/s1. The van der Waals surface area contributed by atoms with E-state index < -0.39 is 5.91 Å². The average Bonchev–Trinajstić information content (AvgIpc) is 2.62. The topological polar surface area (TPSA) is 72.2 Å². The molecule has 0 saturated carbocycles. The number of benzene rings is 1. The van der Waals surface area contributed by atoms with Crippen LogP contribution in [0.4, 0.5) is 0 Å². The van der Waals surface area contributed by atoms with Crippen LogP contribution >= 0.6 is 0 Å². The monoisotopic (exact) mass is 232 g/mol. The third-order valence-corrected chi connectivity index (χ3v) is 3.21. The number of rotatable bonds is 4. The molecule has 4 heteroatoms. The maximum Gasteiger partial charge on any atom is 0.224 e. The van der Waals surface area contributed by atoms with Crippen molar-refractivity contribution >= 4 is 11.8 Å². The van der Waals surface area contributed by atoms with Crippen molar-refractivity contribution in [3.8, 4) is 0 Å². The molecule has 17 heavy (non-hydrogen) atoms. The highest BCUT2D eigenvalue weighted by Gasteiger charge is 2.35. The number of carbonyl (C=O) groups excluding carboxylic acids is 2. The zero-order chi connectivity index (χ0) is 12.3. The maximum absolute atomic E-state index is 11.6. The Kier molecular flexibility index (Phi) is 3.42. The van der Waals surface area contributed by atoms with Gasteiger partial charge in [0.1, 0.15) is 0 Å². The zero-order valence-electron chi connectivity index (χ0n) is 9.56. The van der Waals surface area contributed by atoms with Crippen LogP contribution in [0, 0.1) is 11.8 Å². The van der Waals surface area contributed by atoms with Gasteiger partial charge in [0, 0.05) is 13.0 Å². The molecule has 1 aromatic carbocycles. The first-order valence-electron chi connectivity index (χ1n) is 5.77. The van der Waals surface area contributed by atoms with Crippen LogP contribution in [0.1, 0.15) is 12.0 Å². The summed E-state index contributed by atoms with van der Waals surface area (Å²) in [6, 6.07) is 9.97. The number of hydrogen-bond acceptors (Lipinski definition) is 2. The van der Waals surface area contributed by atoms with Gasteiger partial charge >= 0.3 is 0 Å². The van der Waals surface area contributed by atoms with Gasteiger partial charge in [0.05, 0.1) is 5.92 Å². The summed E-state index contributed by atoms with van der Waals surface area (Å²) in [6.45, 7) is 0.631. The quantitative estimate of drug-likeness (QED) is 0.792. The van der Waals surface area contributed by atoms with Gasteiger partial charge in [-0.3, -0.25) is 9.59 Å². The Hall–Kier alpha value is -1.84. The van der Waals surface area contributed by atoms with Crippen molar-refractivity contribution in [1.29, 1.82) is 0 Å². The minimum absolute atomic E-state index is 0.0512. The number of nitrogens with two attached hydrogens (primary N) is 1. The first-order valence-corrected chi connectivity index (χ1v) is 5.77. The molecule has 0 radical (unpaired) electrons. The summed E-state index contributed by atoms with van der Waals surface area (Å²) in [5.41, 5.74) is 6.35. The van der Waals surface area contributed by atoms with Crippen molar-refractivity contribution in [1.82, 2.24) is 5.32 Å². The lowest BCUT2D eigenvalue weighted by Gasteiger charge is -2.15. The number of primary amides is 1. The van der Waals surface area contributed by atoms with E-state index in [1.54, 1.807) is 0 Å². The fourth-order valence-corrected chi connectivity index (χ4v) is 2.33. The van der Waals surface area contributed by atoms with Crippen molar-refractivity contribution < 1.29 is 9.59 Å². The normalized spacial score (nSPS) is 23.4. The average molecular weight is 232 g/mol. The molecule has 2 amide bonds. The van der Waals surface area contributed by atoms with Crippen molar-refractivity contribution in [3.63, 3.8) is 0 Å². The lowest BCUT2D eigenvalue weighted by molar-refractivity contribution is -0.127. The molecule has 0 spiro atoms. The highest BCUT2D eigenvalue weighted by atomic mass is 16.2. The third kappa shape index (κ3) is 2.84. The zero-order valence-corrected chi connectivity index (χ0v) is 9.56. The molecule has 1 aromatic rings. The largest absolute Gasteiger partial charge is 0.370 e.